The van der Waals surface area contributed by atoms with E-state index >= 15 is 0 Å². The van der Waals surface area contributed by atoms with Gasteiger partial charge in [0, 0.05) is 32.7 Å². The largest absolute Gasteiger partial charge is 0.478 e. The molecule has 1 aliphatic rings. The lowest BCUT2D eigenvalue weighted by molar-refractivity contribution is 0.0697. The van der Waals surface area contributed by atoms with Gasteiger partial charge in [0.2, 0.25) is 0 Å². The topological polar surface area (TPSA) is 98.2 Å². The Labute approximate surface area is 142 Å². The lowest BCUT2D eigenvalue weighted by Gasteiger charge is -2.34. The van der Waals surface area contributed by atoms with Gasteiger partial charge in [0.15, 0.2) is 0 Å². The van der Waals surface area contributed by atoms with Crippen molar-refractivity contribution in [1.29, 1.82) is 0 Å². The summed E-state index contributed by atoms with van der Waals surface area (Å²) in [5.41, 5.74) is 1.42. The van der Waals surface area contributed by atoms with Crippen LogP contribution in [-0.2, 0) is 16.5 Å². The number of carbonyl (C=O) groups is 1. The fraction of sp³-hybridized carbons (Fsp3) is 0.562. The number of carboxylic acid groups (broad SMARTS) is 1. The van der Waals surface area contributed by atoms with E-state index < -0.39 is 16.1 Å². The molecular weight excluding hydrogens is 332 g/mol. The van der Waals surface area contributed by atoms with Crippen LogP contribution in [0.5, 0.6) is 0 Å². The molecule has 1 fully saturated rings. The van der Waals surface area contributed by atoms with E-state index in [0.29, 0.717) is 18.5 Å². The Hall–Kier alpha value is -1.48. The van der Waals surface area contributed by atoms with Gasteiger partial charge in [-0.25, -0.2) is 4.79 Å². The highest BCUT2D eigenvalue weighted by atomic mass is 32.2. The average molecular weight is 356 g/mol. The molecule has 1 aromatic rings. The first-order valence-electron chi connectivity index (χ1n) is 8.05. The van der Waals surface area contributed by atoms with Gasteiger partial charge in [0.1, 0.15) is 0 Å². The lowest BCUT2D eigenvalue weighted by atomic mass is 10.1. The van der Waals surface area contributed by atoms with Crippen LogP contribution in [0.1, 0.15) is 22.3 Å². The number of nitrogens with zero attached hydrogens (tertiary/aromatic N) is 2. The SMILES string of the molecule is O=C(O)c1ccc(CCN2CCN(CCCS(=O)(=O)O)CC2)cc1. The number of benzene rings is 1. The number of aromatic carboxylic acids is 1. The van der Waals surface area contributed by atoms with Crippen molar-refractivity contribution in [1.82, 2.24) is 9.80 Å². The summed E-state index contributed by atoms with van der Waals surface area (Å²) in [7, 11) is -3.86. The first kappa shape index (κ1) is 18.9. The van der Waals surface area contributed by atoms with Crippen LogP contribution >= 0.6 is 0 Å². The maximum absolute atomic E-state index is 10.8. The molecule has 7 nitrogen and oxygen atoms in total. The van der Waals surface area contributed by atoms with Crippen LogP contribution in [-0.4, -0.2) is 78.9 Å². The number of carboxylic acids is 1. The van der Waals surface area contributed by atoms with E-state index in [9.17, 15) is 13.2 Å². The van der Waals surface area contributed by atoms with Crippen molar-refractivity contribution in [2.24, 2.45) is 0 Å². The minimum atomic E-state index is -3.86. The van der Waals surface area contributed by atoms with Crippen molar-refractivity contribution in [3.05, 3.63) is 35.4 Å². The Morgan fingerprint density at radius 1 is 1.00 bits per heavy atom. The van der Waals surface area contributed by atoms with E-state index in [4.69, 9.17) is 9.66 Å². The van der Waals surface area contributed by atoms with Gasteiger partial charge < -0.3 is 14.9 Å². The molecule has 134 valence electrons. The normalized spacial score (nSPS) is 17.0. The first-order valence-corrected chi connectivity index (χ1v) is 9.66. The van der Waals surface area contributed by atoms with Gasteiger partial charge >= 0.3 is 5.97 Å². The standard InChI is InChI=1S/C16H24N2O5S/c19-16(20)15-4-2-14(3-5-15)6-8-18-11-9-17(10-12-18)7-1-13-24(21,22)23/h2-5H,1,6-13H2,(H,19,20)(H,21,22,23). The van der Waals surface area contributed by atoms with E-state index in [1.54, 1.807) is 12.1 Å². The molecule has 0 spiro atoms. The molecule has 0 unspecified atom stereocenters. The zero-order valence-electron chi connectivity index (χ0n) is 13.6. The van der Waals surface area contributed by atoms with Crippen molar-refractivity contribution < 1.29 is 22.9 Å². The van der Waals surface area contributed by atoms with Gasteiger partial charge in [0.05, 0.1) is 11.3 Å². The molecule has 1 aliphatic heterocycles. The highest BCUT2D eigenvalue weighted by Crippen LogP contribution is 2.08. The summed E-state index contributed by atoms with van der Waals surface area (Å²) in [5, 5.41) is 8.88. The predicted octanol–water partition coefficient (Wildman–Crippen LogP) is 0.823. The van der Waals surface area contributed by atoms with Crippen molar-refractivity contribution in [2.45, 2.75) is 12.8 Å². The fourth-order valence-corrected chi connectivity index (χ4v) is 3.30. The van der Waals surface area contributed by atoms with Crippen molar-refractivity contribution in [2.75, 3.05) is 45.0 Å². The minimum absolute atomic E-state index is 0.181. The molecule has 1 aromatic carbocycles. The number of piperazine rings is 1. The van der Waals surface area contributed by atoms with Crippen LogP contribution in [0.2, 0.25) is 0 Å². The lowest BCUT2D eigenvalue weighted by Crippen LogP contribution is -2.47. The van der Waals surface area contributed by atoms with Crippen LogP contribution in [0, 0.1) is 0 Å². The average Bonchev–Trinajstić information content (AvgIpc) is 2.53. The zero-order chi connectivity index (χ0) is 17.6. The quantitative estimate of drug-likeness (QED) is 0.666. The summed E-state index contributed by atoms with van der Waals surface area (Å²) in [6.07, 6.45) is 1.33. The highest BCUT2D eigenvalue weighted by Gasteiger charge is 2.17. The van der Waals surface area contributed by atoms with Gasteiger partial charge in [-0.1, -0.05) is 12.1 Å². The fourth-order valence-electron chi connectivity index (χ4n) is 2.81. The summed E-state index contributed by atoms with van der Waals surface area (Å²) in [4.78, 5) is 15.4. The molecule has 24 heavy (non-hydrogen) atoms. The minimum Gasteiger partial charge on any atom is -0.478 e. The molecule has 0 atom stereocenters. The van der Waals surface area contributed by atoms with Gasteiger partial charge in [0.25, 0.3) is 10.1 Å². The van der Waals surface area contributed by atoms with Crippen molar-refractivity contribution >= 4 is 16.1 Å². The molecule has 0 saturated carbocycles. The predicted molar refractivity (Wildman–Crippen MR) is 91.0 cm³/mol. The molecule has 0 radical (unpaired) electrons. The molecule has 0 aromatic heterocycles. The number of rotatable bonds is 8. The van der Waals surface area contributed by atoms with Gasteiger partial charge in [-0.2, -0.15) is 8.42 Å². The number of hydrogen-bond acceptors (Lipinski definition) is 5. The molecule has 0 amide bonds. The van der Waals surface area contributed by atoms with Gasteiger partial charge in [-0.05, 0) is 37.1 Å². The molecule has 0 aliphatic carbocycles. The smallest absolute Gasteiger partial charge is 0.335 e. The van der Waals surface area contributed by atoms with Crippen LogP contribution < -0.4 is 0 Å². The van der Waals surface area contributed by atoms with Gasteiger partial charge in [-0.3, -0.25) is 4.55 Å². The second-order valence-electron chi connectivity index (χ2n) is 6.07. The van der Waals surface area contributed by atoms with Crippen LogP contribution in [0.15, 0.2) is 24.3 Å². The summed E-state index contributed by atoms with van der Waals surface area (Å²) >= 11 is 0. The number of hydrogen-bond donors (Lipinski definition) is 2. The maximum Gasteiger partial charge on any atom is 0.335 e. The second kappa shape index (κ2) is 8.57. The van der Waals surface area contributed by atoms with E-state index in [1.165, 1.54) is 0 Å². The Kier molecular flexibility index (Phi) is 6.73. The Morgan fingerprint density at radius 2 is 1.54 bits per heavy atom. The maximum atomic E-state index is 10.8. The van der Waals surface area contributed by atoms with Crippen molar-refractivity contribution in [3.63, 3.8) is 0 Å². The second-order valence-corrected chi connectivity index (χ2v) is 7.65. The van der Waals surface area contributed by atoms with Gasteiger partial charge in [-0.15, -0.1) is 0 Å². The molecule has 0 bridgehead atoms. The third-order valence-corrected chi connectivity index (χ3v) is 5.06. The zero-order valence-corrected chi connectivity index (χ0v) is 14.4. The summed E-state index contributed by atoms with van der Waals surface area (Å²) < 4.78 is 30.1. The summed E-state index contributed by atoms with van der Waals surface area (Å²) in [6, 6.07) is 6.97. The monoisotopic (exact) mass is 356 g/mol. The van der Waals surface area contributed by atoms with E-state index in [2.05, 4.69) is 9.80 Å². The Bertz CT molecular complexity index is 637. The molecule has 2 rings (SSSR count). The van der Waals surface area contributed by atoms with Crippen LogP contribution in [0.4, 0.5) is 0 Å². The van der Waals surface area contributed by atoms with Crippen LogP contribution in [0.3, 0.4) is 0 Å². The Balaban J connectivity index is 1.66. The third kappa shape index (κ3) is 6.56. The third-order valence-electron chi connectivity index (χ3n) is 4.26. The van der Waals surface area contributed by atoms with Crippen LogP contribution in [0.25, 0.3) is 0 Å². The van der Waals surface area contributed by atoms with E-state index in [1.807, 2.05) is 12.1 Å². The molecule has 1 saturated heterocycles. The molecule has 8 heteroatoms. The molecular formula is C16H24N2O5S. The summed E-state index contributed by atoms with van der Waals surface area (Å²) in [6.45, 7) is 5.25. The molecule has 1 heterocycles. The first-order chi connectivity index (χ1) is 11.3. The highest BCUT2D eigenvalue weighted by molar-refractivity contribution is 7.85. The van der Waals surface area contributed by atoms with E-state index in [-0.39, 0.29) is 5.75 Å². The van der Waals surface area contributed by atoms with Crippen molar-refractivity contribution in [3.8, 4) is 0 Å². The Morgan fingerprint density at radius 3 is 2.04 bits per heavy atom. The summed E-state index contributed by atoms with van der Waals surface area (Å²) in [5.74, 6) is -1.09. The van der Waals surface area contributed by atoms with E-state index in [0.717, 1.165) is 44.7 Å². The molecule has 2 N–H and O–H groups in total.